The molecule has 122 valence electrons. The Kier molecular flexibility index (Phi) is 3.53. The zero-order valence-electron chi connectivity index (χ0n) is 12.9. The number of H-pyrrole nitrogens is 1. The lowest BCUT2D eigenvalue weighted by Gasteiger charge is -2.35. The topological polar surface area (TPSA) is 82.4 Å². The number of aromatic amines is 1. The summed E-state index contributed by atoms with van der Waals surface area (Å²) in [5.74, 6) is 0.361. The summed E-state index contributed by atoms with van der Waals surface area (Å²) < 4.78 is 5.02. The molecular formula is C17H16N4O3. The van der Waals surface area contributed by atoms with E-state index in [1.807, 2.05) is 23.1 Å². The van der Waals surface area contributed by atoms with Gasteiger partial charge in [-0.15, -0.1) is 0 Å². The smallest absolute Gasteiger partial charge is 0.408 e. The predicted octanol–water partition coefficient (Wildman–Crippen LogP) is 1.48. The Labute approximate surface area is 137 Å². The van der Waals surface area contributed by atoms with Crippen molar-refractivity contribution in [2.24, 2.45) is 0 Å². The third kappa shape index (κ3) is 2.64. The number of rotatable bonds is 2. The first-order valence-corrected chi connectivity index (χ1v) is 7.79. The maximum atomic E-state index is 12.7. The van der Waals surface area contributed by atoms with Crippen LogP contribution in [0.1, 0.15) is 10.4 Å². The average molecular weight is 324 g/mol. The molecule has 1 aromatic carbocycles. The van der Waals surface area contributed by atoms with Crippen LogP contribution in [0.4, 0.5) is 5.82 Å². The fourth-order valence-corrected chi connectivity index (χ4v) is 2.94. The second kappa shape index (κ2) is 5.84. The number of hydrogen-bond acceptors (Lipinski definition) is 5. The summed E-state index contributed by atoms with van der Waals surface area (Å²) in [5, 5.41) is 0. The number of amides is 1. The van der Waals surface area contributed by atoms with Crippen molar-refractivity contribution in [2.45, 2.75) is 0 Å². The molecule has 0 spiro atoms. The molecular weight excluding hydrogens is 308 g/mol. The number of piperazine rings is 1. The number of nitrogens with zero attached hydrogens (tertiary/aromatic N) is 3. The van der Waals surface area contributed by atoms with Crippen LogP contribution in [0, 0.1) is 0 Å². The SMILES string of the molecule is O=C(c1ccc2[nH]c(=O)oc2c1)N1CCN(c2ccccn2)CC1. The quantitative estimate of drug-likeness (QED) is 0.772. The predicted molar refractivity (Wildman–Crippen MR) is 89.2 cm³/mol. The second-order valence-corrected chi connectivity index (χ2v) is 5.69. The zero-order valence-corrected chi connectivity index (χ0v) is 12.9. The number of benzene rings is 1. The van der Waals surface area contributed by atoms with Gasteiger partial charge in [0.1, 0.15) is 5.82 Å². The van der Waals surface area contributed by atoms with Gasteiger partial charge in [-0.25, -0.2) is 9.78 Å². The van der Waals surface area contributed by atoms with E-state index in [4.69, 9.17) is 4.42 Å². The molecule has 0 radical (unpaired) electrons. The summed E-state index contributed by atoms with van der Waals surface area (Å²) in [6.07, 6.45) is 1.77. The number of carbonyl (C=O) groups excluding carboxylic acids is 1. The van der Waals surface area contributed by atoms with Crippen molar-refractivity contribution in [3.63, 3.8) is 0 Å². The molecule has 1 N–H and O–H groups in total. The molecule has 0 saturated carbocycles. The number of hydrogen-bond donors (Lipinski definition) is 1. The molecule has 24 heavy (non-hydrogen) atoms. The van der Waals surface area contributed by atoms with E-state index in [9.17, 15) is 9.59 Å². The van der Waals surface area contributed by atoms with Crippen molar-refractivity contribution in [1.29, 1.82) is 0 Å². The van der Waals surface area contributed by atoms with Crippen LogP contribution in [0.3, 0.4) is 0 Å². The average Bonchev–Trinajstić information content (AvgIpc) is 3.01. The lowest BCUT2D eigenvalue weighted by atomic mass is 10.1. The molecule has 2 aromatic heterocycles. The molecule has 7 heteroatoms. The number of oxazole rings is 1. The van der Waals surface area contributed by atoms with E-state index >= 15 is 0 Å². The van der Waals surface area contributed by atoms with Gasteiger partial charge in [-0.2, -0.15) is 0 Å². The first-order valence-electron chi connectivity index (χ1n) is 7.79. The molecule has 0 atom stereocenters. The number of carbonyl (C=O) groups is 1. The first-order chi connectivity index (χ1) is 11.7. The molecule has 3 aromatic rings. The molecule has 1 aliphatic rings. The van der Waals surface area contributed by atoms with Crippen LogP contribution in [0.25, 0.3) is 11.1 Å². The van der Waals surface area contributed by atoms with Crippen LogP contribution < -0.4 is 10.7 Å². The molecule has 0 aliphatic carbocycles. The summed E-state index contributed by atoms with van der Waals surface area (Å²) in [5.41, 5.74) is 1.52. The highest BCUT2D eigenvalue weighted by Crippen LogP contribution is 2.17. The summed E-state index contributed by atoms with van der Waals surface area (Å²) in [6, 6.07) is 10.8. The molecule has 7 nitrogen and oxygen atoms in total. The standard InChI is InChI=1S/C17H16N4O3/c22-16(12-4-5-13-14(11-12)24-17(23)19-13)21-9-7-20(8-10-21)15-3-1-2-6-18-15/h1-6,11H,7-10H2,(H,19,23). The lowest BCUT2D eigenvalue weighted by molar-refractivity contribution is 0.0746. The van der Waals surface area contributed by atoms with Crippen molar-refractivity contribution in [1.82, 2.24) is 14.9 Å². The van der Waals surface area contributed by atoms with Crippen LogP contribution in [0.15, 0.2) is 51.8 Å². The van der Waals surface area contributed by atoms with Gasteiger partial charge in [-0.05, 0) is 30.3 Å². The van der Waals surface area contributed by atoms with Gasteiger partial charge in [0.05, 0.1) is 5.52 Å². The Morgan fingerprint density at radius 2 is 1.96 bits per heavy atom. The summed E-state index contributed by atoms with van der Waals surface area (Å²) in [7, 11) is 0. The molecule has 0 unspecified atom stereocenters. The highest BCUT2D eigenvalue weighted by molar-refractivity contribution is 5.97. The Morgan fingerprint density at radius 3 is 2.71 bits per heavy atom. The van der Waals surface area contributed by atoms with E-state index in [1.54, 1.807) is 24.4 Å². The Morgan fingerprint density at radius 1 is 1.12 bits per heavy atom. The second-order valence-electron chi connectivity index (χ2n) is 5.69. The minimum atomic E-state index is -0.515. The molecule has 1 fully saturated rings. The third-order valence-electron chi connectivity index (χ3n) is 4.21. The van der Waals surface area contributed by atoms with Crippen LogP contribution >= 0.6 is 0 Å². The third-order valence-corrected chi connectivity index (χ3v) is 4.21. The zero-order chi connectivity index (χ0) is 16.5. The van der Waals surface area contributed by atoms with Gasteiger partial charge in [0, 0.05) is 37.9 Å². The van der Waals surface area contributed by atoms with Gasteiger partial charge in [0.25, 0.3) is 5.91 Å². The maximum Gasteiger partial charge on any atom is 0.417 e. The minimum absolute atomic E-state index is 0.0542. The van der Waals surface area contributed by atoms with Crippen LogP contribution in [0.5, 0.6) is 0 Å². The van der Waals surface area contributed by atoms with Crippen LogP contribution in [-0.4, -0.2) is 47.0 Å². The number of aromatic nitrogens is 2. The normalized spacial score (nSPS) is 15.0. The van der Waals surface area contributed by atoms with Crippen molar-refractivity contribution >= 4 is 22.8 Å². The summed E-state index contributed by atoms with van der Waals surface area (Å²) in [4.78, 5) is 34.8. The Bertz CT molecular complexity index is 924. The van der Waals surface area contributed by atoms with Gasteiger partial charge in [-0.1, -0.05) is 6.07 Å². The first kappa shape index (κ1) is 14.5. The summed E-state index contributed by atoms with van der Waals surface area (Å²) in [6.45, 7) is 2.74. The molecule has 1 saturated heterocycles. The van der Waals surface area contributed by atoms with Crippen LogP contribution in [-0.2, 0) is 0 Å². The molecule has 0 bridgehead atoms. The van der Waals surface area contributed by atoms with E-state index in [-0.39, 0.29) is 5.91 Å². The van der Waals surface area contributed by atoms with Gasteiger partial charge < -0.3 is 14.2 Å². The summed E-state index contributed by atoms with van der Waals surface area (Å²) >= 11 is 0. The number of anilines is 1. The molecule has 3 heterocycles. The largest absolute Gasteiger partial charge is 0.417 e. The monoisotopic (exact) mass is 324 g/mol. The van der Waals surface area contributed by atoms with E-state index in [2.05, 4.69) is 14.9 Å². The Balaban J connectivity index is 1.48. The van der Waals surface area contributed by atoms with E-state index in [0.29, 0.717) is 29.8 Å². The number of pyridine rings is 1. The lowest BCUT2D eigenvalue weighted by Crippen LogP contribution is -2.49. The minimum Gasteiger partial charge on any atom is -0.408 e. The maximum absolute atomic E-state index is 12.7. The van der Waals surface area contributed by atoms with Crippen LogP contribution in [0.2, 0.25) is 0 Å². The Hall–Kier alpha value is -3.09. The van der Waals surface area contributed by atoms with Crippen molar-refractivity contribution in [3.05, 3.63) is 58.7 Å². The highest BCUT2D eigenvalue weighted by atomic mass is 16.4. The highest BCUT2D eigenvalue weighted by Gasteiger charge is 2.23. The fourth-order valence-electron chi connectivity index (χ4n) is 2.94. The van der Waals surface area contributed by atoms with Gasteiger partial charge >= 0.3 is 5.76 Å². The fraction of sp³-hybridized carbons (Fsp3) is 0.235. The van der Waals surface area contributed by atoms with Gasteiger partial charge in [-0.3, -0.25) is 9.78 Å². The molecule has 1 aliphatic heterocycles. The van der Waals surface area contributed by atoms with E-state index in [1.165, 1.54) is 0 Å². The van der Waals surface area contributed by atoms with Gasteiger partial charge in [0.15, 0.2) is 5.58 Å². The van der Waals surface area contributed by atoms with Crippen molar-refractivity contribution in [2.75, 3.05) is 31.1 Å². The molecule has 1 amide bonds. The molecule has 4 rings (SSSR count). The van der Waals surface area contributed by atoms with E-state index in [0.717, 1.165) is 18.9 Å². The number of nitrogens with one attached hydrogen (secondary N) is 1. The van der Waals surface area contributed by atoms with Crippen molar-refractivity contribution < 1.29 is 9.21 Å². The van der Waals surface area contributed by atoms with Gasteiger partial charge in [0.2, 0.25) is 0 Å². The van der Waals surface area contributed by atoms with E-state index < -0.39 is 5.76 Å². The van der Waals surface area contributed by atoms with Crippen molar-refractivity contribution in [3.8, 4) is 0 Å². The number of fused-ring (bicyclic) bond motifs is 1.